The van der Waals surface area contributed by atoms with E-state index in [1.165, 1.54) is 0 Å². The molecule has 0 bridgehead atoms. The van der Waals surface area contributed by atoms with Gasteiger partial charge in [-0.1, -0.05) is 11.2 Å². The third-order valence-corrected chi connectivity index (χ3v) is 9.30. The highest BCUT2D eigenvalue weighted by Gasteiger charge is 2.37. The van der Waals surface area contributed by atoms with Crippen molar-refractivity contribution in [1.29, 1.82) is 0 Å². The van der Waals surface area contributed by atoms with Crippen LogP contribution in [0.3, 0.4) is 0 Å². The number of nitrogens with zero attached hydrogens (tertiary/aromatic N) is 5. The molecule has 0 spiro atoms. The Balaban J connectivity index is 1.86. The lowest BCUT2D eigenvalue weighted by atomic mass is 9.83. The molecule has 3 aliphatic heterocycles. The minimum absolute atomic E-state index is 0.0272. The molecular weight excluding hydrogens is 583 g/mol. The van der Waals surface area contributed by atoms with Crippen LogP contribution in [0.1, 0.15) is 74.2 Å². The Morgan fingerprint density at radius 2 is 1.62 bits per heavy atom. The van der Waals surface area contributed by atoms with Gasteiger partial charge in [0.2, 0.25) is 5.36 Å². The molecule has 0 aromatic heterocycles. The molecule has 0 atom stereocenters. The molecule has 0 amide bonds. The lowest BCUT2D eigenvalue weighted by Crippen LogP contribution is -2.47. The zero-order chi connectivity index (χ0) is 32.9. The molecule has 0 saturated carbocycles. The van der Waals surface area contributed by atoms with Gasteiger partial charge in [0.1, 0.15) is 35.6 Å². The third-order valence-electron chi connectivity index (χ3n) is 9.30. The number of anilines is 1. The van der Waals surface area contributed by atoms with E-state index < -0.39 is 40.2 Å². The Hall–Kier alpha value is -5.02. The highest BCUT2D eigenvalue weighted by molar-refractivity contribution is 6.01. The molecule has 1 N–H and O–H groups in total. The van der Waals surface area contributed by atoms with E-state index in [4.69, 9.17) is 10.3 Å². The summed E-state index contributed by atoms with van der Waals surface area (Å²) in [7, 11) is 3.86. The number of benzene rings is 3. The average molecular weight is 615 g/mol. The van der Waals surface area contributed by atoms with Crippen molar-refractivity contribution in [3.05, 3.63) is 103 Å². The highest BCUT2D eigenvalue weighted by Crippen LogP contribution is 2.47. The normalized spacial score (nSPS) is 17.2. The van der Waals surface area contributed by atoms with Crippen LogP contribution >= 0.6 is 0 Å². The van der Waals surface area contributed by atoms with Gasteiger partial charge in [-0.3, -0.25) is 0 Å². The second-order valence-electron chi connectivity index (χ2n) is 12.8. The molecule has 0 saturated heterocycles. The topological polar surface area (TPSA) is 102 Å². The van der Waals surface area contributed by atoms with E-state index in [0.717, 1.165) is 33.3 Å². The predicted molar refractivity (Wildman–Crippen MR) is 167 cm³/mol. The highest BCUT2D eigenvalue weighted by atomic mass is 19.2. The zero-order valence-corrected chi connectivity index (χ0v) is 26.1. The number of ether oxygens (including phenoxy) is 1. The summed E-state index contributed by atoms with van der Waals surface area (Å²) < 4.78 is 55.5. The van der Waals surface area contributed by atoms with Crippen LogP contribution < -0.4 is 24.8 Å². The fourth-order valence-electron chi connectivity index (χ4n) is 6.66. The first-order chi connectivity index (χ1) is 21.0. The van der Waals surface area contributed by atoms with Gasteiger partial charge in [-0.2, -0.15) is 0 Å². The number of halogens is 3. The van der Waals surface area contributed by atoms with Crippen LogP contribution in [0.15, 0.2) is 41.5 Å². The molecule has 0 fully saturated rings. The van der Waals surface area contributed by atoms with E-state index in [1.54, 1.807) is 24.3 Å². The maximum Gasteiger partial charge on any atom is 0.339 e. The summed E-state index contributed by atoms with van der Waals surface area (Å²) in [5.74, 6) is -6.57. The van der Waals surface area contributed by atoms with Gasteiger partial charge in [0.05, 0.1) is 11.6 Å². The minimum Gasteiger partial charge on any atom is -0.478 e. The van der Waals surface area contributed by atoms with Crippen molar-refractivity contribution in [1.82, 2.24) is 4.58 Å². The Bertz CT molecular complexity index is 2160. The molecule has 230 valence electrons. The number of carboxylic acid groups (broad SMARTS) is 1. The Kier molecular flexibility index (Phi) is 6.50. The molecule has 0 radical (unpaired) electrons. The fraction of sp³-hybridized carbons (Fsp3) is 0.294. The molecule has 0 unspecified atom stereocenters. The van der Waals surface area contributed by atoms with Crippen molar-refractivity contribution < 1.29 is 27.8 Å². The smallest absolute Gasteiger partial charge is 0.339 e. The van der Waals surface area contributed by atoms with Crippen LogP contribution in [0, 0.1) is 17.5 Å². The van der Waals surface area contributed by atoms with Crippen LogP contribution in [0.2, 0.25) is 0 Å². The van der Waals surface area contributed by atoms with Gasteiger partial charge in [-0.05, 0) is 62.6 Å². The maximum absolute atomic E-state index is 16.4. The van der Waals surface area contributed by atoms with Gasteiger partial charge >= 0.3 is 5.97 Å². The number of hydrogen-bond acceptors (Lipinski definition) is 4. The van der Waals surface area contributed by atoms with E-state index in [0.29, 0.717) is 0 Å². The number of aromatic carboxylic acids is 1. The van der Waals surface area contributed by atoms with Gasteiger partial charge in [0.15, 0.2) is 17.2 Å². The number of hydrogen-bond donors (Lipinski definition) is 1. The number of fused-ring (bicyclic) bond motifs is 4. The van der Waals surface area contributed by atoms with Crippen molar-refractivity contribution in [2.24, 2.45) is 5.11 Å². The van der Waals surface area contributed by atoms with Crippen molar-refractivity contribution in [2.45, 2.75) is 52.6 Å². The van der Waals surface area contributed by atoms with E-state index in [9.17, 15) is 14.3 Å². The number of rotatable bonds is 3. The van der Waals surface area contributed by atoms with Crippen molar-refractivity contribution in [2.75, 3.05) is 19.0 Å². The zero-order valence-electron chi connectivity index (χ0n) is 26.1. The Labute approximate surface area is 257 Å². The summed E-state index contributed by atoms with van der Waals surface area (Å²) in [4.78, 5) is 17.1. The van der Waals surface area contributed by atoms with Gasteiger partial charge < -0.3 is 14.7 Å². The molecule has 45 heavy (non-hydrogen) atoms. The Morgan fingerprint density at radius 1 is 0.956 bits per heavy atom. The van der Waals surface area contributed by atoms with Gasteiger partial charge in [0, 0.05) is 70.6 Å². The van der Waals surface area contributed by atoms with E-state index in [1.807, 2.05) is 27.9 Å². The van der Waals surface area contributed by atoms with E-state index in [-0.39, 0.29) is 38.9 Å². The molecule has 6 rings (SSSR count). The summed E-state index contributed by atoms with van der Waals surface area (Å²) >= 11 is 0. The molecule has 8 nitrogen and oxygen atoms in total. The van der Waals surface area contributed by atoms with Crippen molar-refractivity contribution in [3.8, 4) is 11.5 Å². The number of azide groups is 1. The first kappa shape index (κ1) is 30.0. The monoisotopic (exact) mass is 614 g/mol. The molecule has 11 heteroatoms. The number of allylic oxidation sites excluding steroid dienone is 2. The summed E-state index contributed by atoms with van der Waals surface area (Å²) in [6, 6.07) is 7.07. The quantitative estimate of drug-likeness (QED) is 0.0879. The summed E-state index contributed by atoms with van der Waals surface area (Å²) in [6.45, 7) is 12.1. The SMILES string of the molecule is CC1=CC(C)(C)N(C)c2cc3c(cc21)C(c1c(F)c(N=[N+]=[N-])c(F)c(F)c1C(=O)O)=c1cc2c(cc1O3)=[N+](C)C(C)(C)C=C2C. The minimum atomic E-state index is -1.89. The standard InChI is InChI=1S/C34H30F3N5O3/c1-15-13-33(3,4)41(7)21-11-23-19(9-17(15)21)25(26-27(32(43)44)28(35)30(37)31(29(26)36)39-40-38)20-10-18-16(2)14-34(5,6)42(8)22(18)12-24(20)45-23/h9-14H,1-8H3/p+1. The second-order valence-corrected chi connectivity index (χ2v) is 12.8. The first-order valence-electron chi connectivity index (χ1n) is 14.3. The van der Waals surface area contributed by atoms with Crippen LogP contribution in [-0.4, -0.2) is 36.2 Å². The first-order valence-corrected chi connectivity index (χ1v) is 14.3. The second kappa shape index (κ2) is 9.74. The van der Waals surface area contributed by atoms with Crippen LogP contribution in [0.5, 0.6) is 11.5 Å². The van der Waals surface area contributed by atoms with Gasteiger partial charge in [-0.15, -0.1) is 0 Å². The number of carbonyl (C=O) groups is 1. The summed E-state index contributed by atoms with van der Waals surface area (Å²) in [6.07, 6.45) is 4.14. The predicted octanol–water partition coefficient (Wildman–Crippen LogP) is 7.05. The van der Waals surface area contributed by atoms with Crippen LogP contribution in [0.25, 0.3) is 27.2 Å². The van der Waals surface area contributed by atoms with Crippen molar-refractivity contribution in [3.63, 3.8) is 0 Å². The maximum atomic E-state index is 16.4. The largest absolute Gasteiger partial charge is 0.478 e. The van der Waals surface area contributed by atoms with Gasteiger partial charge in [-0.25, -0.2) is 22.5 Å². The molecular formula is C34H31F3N5O3+. The fourth-order valence-corrected chi connectivity index (χ4v) is 6.66. The molecule has 0 aliphatic carbocycles. The third kappa shape index (κ3) is 4.25. The molecule has 3 aliphatic rings. The average Bonchev–Trinajstić information content (AvgIpc) is 2.96. The van der Waals surface area contributed by atoms with E-state index >= 15 is 8.78 Å². The van der Waals surface area contributed by atoms with Crippen molar-refractivity contribution >= 4 is 34.1 Å². The molecule has 3 heterocycles. The number of likely N-dealkylation sites (N-methyl/N-ethyl adjacent to an activating group) is 2. The summed E-state index contributed by atoms with van der Waals surface area (Å²) in [5.41, 5.74) is 9.54. The number of carboxylic acids is 1. The lowest BCUT2D eigenvalue weighted by Gasteiger charge is -2.41. The Morgan fingerprint density at radius 3 is 2.27 bits per heavy atom. The van der Waals surface area contributed by atoms with E-state index in [2.05, 4.69) is 59.3 Å². The lowest BCUT2D eigenvalue weighted by molar-refractivity contribution is 0.0689. The summed E-state index contributed by atoms with van der Waals surface area (Å²) in [5, 5.41) is 14.3. The molecule has 3 aromatic rings. The van der Waals surface area contributed by atoms with Crippen LogP contribution in [-0.2, 0) is 0 Å². The molecule has 3 aromatic carbocycles. The van der Waals surface area contributed by atoms with Gasteiger partial charge in [0.25, 0.3) is 0 Å². The van der Waals surface area contributed by atoms with Crippen LogP contribution in [0.4, 0.5) is 24.5 Å².